The number of benzene rings is 2. The lowest BCUT2D eigenvalue weighted by molar-refractivity contribution is -0.116. The Kier molecular flexibility index (Phi) is 8.71. The van der Waals surface area contributed by atoms with Crippen LogP contribution in [0.4, 0.5) is 11.4 Å². The fourth-order valence-electron chi connectivity index (χ4n) is 2.48. The average Bonchev–Trinajstić information content (AvgIpc) is 2.63. The summed E-state index contributed by atoms with van der Waals surface area (Å²) in [6, 6.07) is 15.1. The predicted molar refractivity (Wildman–Crippen MR) is 113 cm³/mol. The highest BCUT2D eigenvalue weighted by Gasteiger charge is 2.08. The molecule has 0 radical (unpaired) electrons. The molecule has 0 atom stereocenters. The molecule has 0 aliphatic heterocycles. The monoisotopic (exact) mass is 386 g/mol. The van der Waals surface area contributed by atoms with E-state index in [1.165, 1.54) is 11.8 Å². The summed E-state index contributed by atoms with van der Waals surface area (Å²) in [7, 11) is 0. The molecule has 0 saturated heterocycles. The third-order valence-electron chi connectivity index (χ3n) is 3.69. The van der Waals surface area contributed by atoms with Gasteiger partial charge in [0.15, 0.2) is 0 Å². The molecule has 5 nitrogen and oxygen atoms in total. The van der Waals surface area contributed by atoms with Crippen LogP contribution in [0.5, 0.6) is 5.75 Å². The molecule has 2 N–H and O–H groups in total. The lowest BCUT2D eigenvalue weighted by Crippen LogP contribution is -2.15. The zero-order valence-corrected chi connectivity index (χ0v) is 16.6. The first kappa shape index (κ1) is 20.8. The molecule has 0 aliphatic rings. The van der Waals surface area contributed by atoms with Crippen molar-refractivity contribution in [2.24, 2.45) is 0 Å². The second-order valence-corrected chi connectivity index (χ2v) is 7.16. The number of hydrogen-bond donors (Lipinski definition) is 2. The highest BCUT2D eigenvalue weighted by molar-refractivity contribution is 7.99. The van der Waals surface area contributed by atoms with Gasteiger partial charge in [-0.2, -0.15) is 11.8 Å². The van der Waals surface area contributed by atoms with Gasteiger partial charge in [0, 0.05) is 12.1 Å². The van der Waals surface area contributed by atoms with Crippen LogP contribution in [0.25, 0.3) is 0 Å². The minimum absolute atomic E-state index is 0.00343. The Labute approximate surface area is 164 Å². The first-order chi connectivity index (χ1) is 13.1. The maximum absolute atomic E-state index is 12.1. The number of anilines is 2. The van der Waals surface area contributed by atoms with Crippen molar-refractivity contribution < 1.29 is 14.3 Å². The van der Waals surface area contributed by atoms with E-state index in [-0.39, 0.29) is 11.8 Å². The van der Waals surface area contributed by atoms with Gasteiger partial charge in [-0.25, -0.2) is 0 Å². The summed E-state index contributed by atoms with van der Waals surface area (Å²) in [5.74, 6) is 1.70. The largest absolute Gasteiger partial charge is 0.492 e. The van der Waals surface area contributed by atoms with E-state index in [0.717, 1.165) is 23.4 Å². The molecular weight excluding hydrogens is 360 g/mol. The van der Waals surface area contributed by atoms with Gasteiger partial charge in [0.1, 0.15) is 5.75 Å². The molecule has 2 amide bonds. The van der Waals surface area contributed by atoms with Crippen molar-refractivity contribution in [1.29, 1.82) is 0 Å². The van der Waals surface area contributed by atoms with Gasteiger partial charge >= 0.3 is 0 Å². The first-order valence-corrected chi connectivity index (χ1v) is 10.2. The first-order valence-electron chi connectivity index (χ1n) is 9.04. The minimum atomic E-state index is -0.0728. The molecule has 0 bridgehead atoms. The molecule has 6 heteroatoms. The third-order valence-corrected chi connectivity index (χ3v) is 4.73. The molecule has 2 aromatic carbocycles. The molecule has 2 aromatic rings. The SMILES string of the molecule is CCOc1ccccc1NC(=O)CSCCCC(=O)Nc1cccc(C)c1. The normalized spacial score (nSPS) is 10.3. The number of carbonyl (C=O) groups excluding carboxylic acids is 2. The molecule has 2 rings (SSSR count). The second-order valence-electron chi connectivity index (χ2n) is 6.05. The summed E-state index contributed by atoms with van der Waals surface area (Å²) in [6.45, 7) is 4.44. The Hall–Kier alpha value is -2.47. The fourth-order valence-corrected chi connectivity index (χ4v) is 3.23. The van der Waals surface area contributed by atoms with Crippen LogP contribution in [0.1, 0.15) is 25.3 Å². The van der Waals surface area contributed by atoms with Crippen LogP contribution < -0.4 is 15.4 Å². The summed E-state index contributed by atoms with van der Waals surface area (Å²) >= 11 is 1.52. The van der Waals surface area contributed by atoms with E-state index in [9.17, 15) is 9.59 Å². The lowest BCUT2D eigenvalue weighted by Gasteiger charge is -2.11. The van der Waals surface area contributed by atoms with E-state index >= 15 is 0 Å². The Morgan fingerprint density at radius 1 is 1.04 bits per heavy atom. The van der Waals surface area contributed by atoms with Gasteiger partial charge in [-0.3, -0.25) is 9.59 Å². The molecule has 144 valence electrons. The second kappa shape index (κ2) is 11.3. The van der Waals surface area contributed by atoms with Crippen molar-refractivity contribution >= 4 is 35.0 Å². The van der Waals surface area contributed by atoms with Crippen LogP contribution in [0.3, 0.4) is 0 Å². The zero-order chi connectivity index (χ0) is 19.5. The maximum Gasteiger partial charge on any atom is 0.234 e. The Morgan fingerprint density at radius 3 is 2.63 bits per heavy atom. The van der Waals surface area contributed by atoms with Gasteiger partial charge in [0.2, 0.25) is 11.8 Å². The molecular formula is C21H26N2O3S. The molecule has 0 fully saturated rings. The van der Waals surface area contributed by atoms with Gasteiger partial charge in [0.05, 0.1) is 18.0 Å². The summed E-state index contributed by atoms with van der Waals surface area (Å²) in [6.07, 6.45) is 1.17. The van der Waals surface area contributed by atoms with Gasteiger partial charge < -0.3 is 15.4 Å². The van der Waals surface area contributed by atoms with Crippen LogP contribution >= 0.6 is 11.8 Å². The van der Waals surface area contributed by atoms with Gasteiger partial charge in [-0.15, -0.1) is 0 Å². The summed E-state index contributed by atoms with van der Waals surface area (Å²) < 4.78 is 5.50. The molecule has 0 heterocycles. The molecule has 0 spiro atoms. The number of carbonyl (C=O) groups is 2. The lowest BCUT2D eigenvalue weighted by atomic mass is 10.2. The standard InChI is InChI=1S/C21H26N2O3S/c1-3-26-19-11-5-4-10-18(19)23-21(25)15-27-13-7-12-20(24)22-17-9-6-8-16(2)14-17/h4-6,8-11,14H,3,7,12-13,15H2,1-2H3,(H,22,24)(H,23,25). The number of hydrogen-bond acceptors (Lipinski definition) is 4. The molecule has 0 unspecified atom stereocenters. The Balaban J connectivity index is 1.63. The van der Waals surface area contributed by atoms with Crippen LogP contribution in [0, 0.1) is 6.92 Å². The smallest absolute Gasteiger partial charge is 0.234 e. The van der Waals surface area contributed by atoms with Crippen molar-refractivity contribution in [2.45, 2.75) is 26.7 Å². The minimum Gasteiger partial charge on any atom is -0.492 e. The Morgan fingerprint density at radius 2 is 1.85 bits per heavy atom. The van der Waals surface area contributed by atoms with Crippen molar-refractivity contribution in [2.75, 3.05) is 28.7 Å². The summed E-state index contributed by atoms with van der Waals surface area (Å²) in [4.78, 5) is 24.0. The molecule has 0 aromatic heterocycles. The molecule has 27 heavy (non-hydrogen) atoms. The van der Waals surface area contributed by atoms with Crippen molar-refractivity contribution in [1.82, 2.24) is 0 Å². The number of para-hydroxylation sites is 2. The maximum atomic E-state index is 12.1. The van der Waals surface area contributed by atoms with E-state index in [1.54, 1.807) is 0 Å². The number of amides is 2. The number of nitrogens with one attached hydrogen (secondary N) is 2. The number of rotatable bonds is 10. The Bertz CT molecular complexity index is 765. The average molecular weight is 387 g/mol. The summed E-state index contributed by atoms with van der Waals surface area (Å²) in [5.41, 5.74) is 2.61. The van der Waals surface area contributed by atoms with Crippen LogP contribution in [-0.2, 0) is 9.59 Å². The third kappa shape index (κ3) is 7.74. The number of aryl methyl sites for hydroxylation is 1. The van der Waals surface area contributed by atoms with Gasteiger partial charge in [-0.05, 0) is 55.9 Å². The van der Waals surface area contributed by atoms with Crippen molar-refractivity contribution in [3.63, 3.8) is 0 Å². The van der Waals surface area contributed by atoms with E-state index in [1.807, 2.05) is 62.4 Å². The highest BCUT2D eigenvalue weighted by Crippen LogP contribution is 2.23. The van der Waals surface area contributed by atoms with Crippen LogP contribution in [0.2, 0.25) is 0 Å². The quantitative estimate of drug-likeness (QED) is 0.591. The fraction of sp³-hybridized carbons (Fsp3) is 0.333. The molecule has 0 aliphatic carbocycles. The predicted octanol–water partition coefficient (Wildman–Crippen LogP) is 4.48. The van der Waals surface area contributed by atoms with Gasteiger partial charge in [0.25, 0.3) is 0 Å². The topological polar surface area (TPSA) is 67.4 Å². The van der Waals surface area contributed by atoms with Crippen molar-refractivity contribution in [3.8, 4) is 5.75 Å². The molecule has 0 saturated carbocycles. The van der Waals surface area contributed by atoms with E-state index in [0.29, 0.717) is 30.2 Å². The van der Waals surface area contributed by atoms with E-state index in [2.05, 4.69) is 10.6 Å². The van der Waals surface area contributed by atoms with Crippen LogP contribution in [0.15, 0.2) is 48.5 Å². The summed E-state index contributed by atoms with van der Waals surface area (Å²) in [5, 5.41) is 5.76. The van der Waals surface area contributed by atoms with Crippen molar-refractivity contribution in [3.05, 3.63) is 54.1 Å². The van der Waals surface area contributed by atoms with Gasteiger partial charge in [-0.1, -0.05) is 24.3 Å². The van der Waals surface area contributed by atoms with Crippen LogP contribution in [-0.4, -0.2) is 29.9 Å². The zero-order valence-electron chi connectivity index (χ0n) is 15.8. The highest BCUT2D eigenvalue weighted by atomic mass is 32.2. The van der Waals surface area contributed by atoms with E-state index < -0.39 is 0 Å². The van der Waals surface area contributed by atoms with E-state index in [4.69, 9.17) is 4.74 Å². The number of thioether (sulfide) groups is 1. The number of ether oxygens (including phenoxy) is 1.